The third kappa shape index (κ3) is 4.04. The van der Waals surface area contributed by atoms with Gasteiger partial charge in [-0.15, -0.1) is 0 Å². The van der Waals surface area contributed by atoms with Crippen LogP contribution >= 0.6 is 0 Å². The topological polar surface area (TPSA) is 101 Å². The number of anilines is 2. The minimum Gasteiger partial charge on any atom is -0.367 e. The van der Waals surface area contributed by atoms with Crippen molar-refractivity contribution in [1.29, 1.82) is 0 Å². The molecule has 0 bridgehead atoms. The molecule has 1 saturated heterocycles. The van der Waals surface area contributed by atoms with Gasteiger partial charge in [0.05, 0.1) is 23.5 Å². The van der Waals surface area contributed by atoms with E-state index in [9.17, 15) is 9.59 Å². The van der Waals surface area contributed by atoms with E-state index in [0.29, 0.717) is 23.1 Å². The third-order valence-corrected chi connectivity index (χ3v) is 4.68. The standard InChI is InChI=1S/C19H24N4O3/c1-12-9-15(26-22-12)11-18(24)21-16-10-14(19(20)25)6-7-17(16)23-8-4-3-5-13(23)2/h6-7,9-10,13H,3-5,8,11H2,1-2H3,(H2,20,25)(H,21,24)/t13-/m1/s1. The van der Waals surface area contributed by atoms with Gasteiger partial charge >= 0.3 is 0 Å². The highest BCUT2D eigenvalue weighted by Gasteiger charge is 2.22. The fourth-order valence-corrected chi connectivity index (χ4v) is 3.35. The number of nitrogens with zero attached hydrogens (tertiary/aromatic N) is 2. The molecule has 26 heavy (non-hydrogen) atoms. The van der Waals surface area contributed by atoms with Gasteiger partial charge in [0.2, 0.25) is 11.8 Å². The SMILES string of the molecule is Cc1cc(CC(=O)Nc2cc(C(N)=O)ccc2N2CCCC[C@H]2C)on1. The summed E-state index contributed by atoms with van der Waals surface area (Å²) in [4.78, 5) is 26.3. The van der Waals surface area contributed by atoms with Crippen molar-refractivity contribution >= 4 is 23.2 Å². The number of primary amides is 1. The van der Waals surface area contributed by atoms with E-state index in [1.807, 2.05) is 6.07 Å². The van der Waals surface area contributed by atoms with Crippen LogP contribution in [0.1, 0.15) is 48.0 Å². The van der Waals surface area contributed by atoms with Crippen molar-refractivity contribution in [3.63, 3.8) is 0 Å². The first-order valence-electron chi connectivity index (χ1n) is 8.86. The molecule has 0 saturated carbocycles. The molecule has 138 valence electrons. The summed E-state index contributed by atoms with van der Waals surface area (Å²) in [5.41, 5.74) is 8.00. The average Bonchev–Trinajstić information content (AvgIpc) is 3.00. The zero-order valence-electron chi connectivity index (χ0n) is 15.1. The monoisotopic (exact) mass is 356 g/mol. The molecule has 3 N–H and O–H groups in total. The zero-order chi connectivity index (χ0) is 18.7. The Hall–Kier alpha value is -2.83. The van der Waals surface area contributed by atoms with Gasteiger partial charge in [0.15, 0.2) is 0 Å². The largest absolute Gasteiger partial charge is 0.367 e. The molecule has 7 nitrogen and oxygen atoms in total. The Morgan fingerprint density at radius 1 is 1.35 bits per heavy atom. The minimum atomic E-state index is -0.524. The third-order valence-electron chi connectivity index (χ3n) is 4.68. The maximum absolute atomic E-state index is 12.5. The molecule has 1 atom stereocenters. The van der Waals surface area contributed by atoms with Gasteiger partial charge in [-0.1, -0.05) is 5.16 Å². The number of hydrogen-bond donors (Lipinski definition) is 2. The molecule has 1 aliphatic rings. The molecule has 0 unspecified atom stereocenters. The van der Waals surface area contributed by atoms with Crippen LogP contribution < -0.4 is 16.0 Å². The first-order chi connectivity index (χ1) is 12.4. The van der Waals surface area contributed by atoms with E-state index in [-0.39, 0.29) is 12.3 Å². The number of nitrogens with one attached hydrogen (secondary N) is 1. The molecule has 0 radical (unpaired) electrons. The van der Waals surface area contributed by atoms with E-state index in [4.69, 9.17) is 10.3 Å². The summed E-state index contributed by atoms with van der Waals surface area (Å²) >= 11 is 0. The van der Waals surface area contributed by atoms with Gasteiger partial charge in [-0.25, -0.2) is 0 Å². The molecule has 2 amide bonds. The maximum atomic E-state index is 12.5. The maximum Gasteiger partial charge on any atom is 0.248 e. The van der Waals surface area contributed by atoms with Crippen LogP contribution in [0.15, 0.2) is 28.8 Å². The number of nitrogens with two attached hydrogens (primary N) is 1. The number of aryl methyl sites for hydroxylation is 1. The Balaban J connectivity index is 1.85. The normalized spacial score (nSPS) is 17.2. The average molecular weight is 356 g/mol. The van der Waals surface area contributed by atoms with Gasteiger partial charge in [-0.05, 0) is 51.3 Å². The van der Waals surface area contributed by atoms with E-state index in [0.717, 1.165) is 30.8 Å². The van der Waals surface area contributed by atoms with E-state index in [1.165, 1.54) is 6.42 Å². The summed E-state index contributed by atoms with van der Waals surface area (Å²) in [6, 6.07) is 7.30. The summed E-state index contributed by atoms with van der Waals surface area (Å²) in [6.07, 6.45) is 3.48. The highest BCUT2D eigenvalue weighted by molar-refractivity contribution is 5.99. The molecule has 3 rings (SSSR count). The number of carbonyl (C=O) groups excluding carboxylic acids is 2. The van der Waals surface area contributed by atoms with Gasteiger partial charge in [-0.2, -0.15) is 0 Å². The van der Waals surface area contributed by atoms with Gasteiger partial charge in [-0.3, -0.25) is 9.59 Å². The lowest BCUT2D eigenvalue weighted by Gasteiger charge is -2.36. The van der Waals surface area contributed by atoms with Crippen molar-refractivity contribution < 1.29 is 14.1 Å². The van der Waals surface area contributed by atoms with Crippen molar-refractivity contribution in [3.05, 3.63) is 41.3 Å². The molecule has 0 spiro atoms. The molecule has 2 heterocycles. The van der Waals surface area contributed by atoms with Crippen molar-refractivity contribution in [2.24, 2.45) is 5.73 Å². The predicted octanol–water partition coefficient (Wildman–Crippen LogP) is 2.64. The molecule has 7 heteroatoms. The summed E-state index contributed by atoms with van der Waals surface area (Å²) < 4.78 is 5.10. The quantitative estimate of drug-likeness (QED) is 0.857. The predicted molar refractivity (Wildman–Crippen MR) is 99.2 cm³/mol. The molecule has 1 aliphatic heterocycles. The van der Waals surface area contributed by atoms with Crippen LogP contribution in [0.2, 0.25) is 0 Å². The van der Waals surface area contributed by atoms with Crippen LogP contribution in [-0.2, 0) is 11.2 Å². The summed E-state index contributed by atoms with van der Waals surface area (Å²) in [5.74, 6) is -0.253. The van der Waals surface area contributed by atoms with Crippen molar-refractivity contribution in [2.75, 3.05) is 16.8 Å². The van der Waals surface area contributed by atoms with Crippen LogP contribution in [0, 0.1) is 6.92 Å². The van der Waals surface area contributed by atoms with E-state index in [2.05, 4.69) is 22.3 Å². The molecular formula is C19H24N4O3. The lowest BCUT2D eigenvalue weighted by atomic mass is 10.0. The fourth-order valence-electron chi connectivity index (χ4n) is 3.35. The molecular weight excluding hydrogens is 332 g/mol. The lowest BCUT2D eigenvalue weighted by molar-refractivity contribution is -0.115. The second-order valence-corrected chi connectivity index (χ2v) is 6.79. The Morgan fingerprint density at radius 3 is 2.81 bits per heavy atom. The van der Waals surface area contributed by atoms with Gasteiger partial charge < -0.3 is 20.5 Å². The van der Waals surface area contributed by atoms with Crippen LogP contribution in [0.3, 0.4) is 0 Å². The highest BCUT2D eigenvalue weighted by atomic mass is 16.5. The Morgan fingerprint density at radius 2 is 2.15 bits per heavy atom. The summed E-state index contributed by atoms with van der Waals surface area (Å²) in [5, 5.41) is 6.70. The number of rotatable bonds is 5. The van der Waals surface area contributed by atoms with E-state index >= 15 is 0 Å². The smallest absolute Gasteiger partial charge is 0.248 e. The molecule has 1 fully saturated rings. The van der Waals surface area contributed by atoms with Crippen LogP contribution in [0.5, 0.6) is 0 Å². The van der Waals surface area contributed by atoms with Gasteiger partial charge in [0, 0.05) is 24.2 Å². The first kappa shape index (κ1) is 18.0. The van der Waals surface area contributed by atoms with Gasteiger partial charge in [0.1, 0.15) is 5.76 Å². The zero-order valence-corrected chi connectivity index (χ0v) is 15.1. The summed E-state index contributed by atoms with van der Waals surface area (Å²) in [7, 11) is 0. The van der Waals surface area contributed by atoms with Crippen molar-refractivity contribution in [1.82, 2.24) is 5.16 Å². The number of aromatic nitrogens is 1. The number of amides is 2. The number of piperidine rings is 1. The van der Waals surface area contributed by atoms with E-state index < -0.39 is 5.91 Å². The van der Waals surface area contributed by atoms with Crippen molar-refractivity contribution in [2.45, 2.75) is 45.6 Å². The van der Waals surface area contributed by atoms with Gasteiger partial charge in [0.25, 0.3) is 0 Å². The van der Waals surface area contributed by atoms with E-state index in [1.54, 1.807) is 25.1 Å². The molecule has 1 aromatic heterocycles. The minimum absolute atomic E-state index is 0.0800. The first-order valence-corrected chi connectivity index (χ1v) is 8.86. The Bertz CT molecular complexity index is 815. The molecule has 1 aromatic carbocycles. The van der Waals surface area contributed by atoms with Crippen molar-refractivity contribution in [3.8, 4) is 0 Å². The lowest BCUT2D eigenvalue weighted by Crippen LogP contribution is -2.38. The van der Waals surface area contributed by atoms with Crippen LogP contribution in [-0.4, -0.2) is 29.6 Å². The second-order valence-electron chi connectivity index (χ2n) is 6.79. The molecule has 0 aliphatic carbocycles. The highest BCUT2D eigenvalue weighted by Crippen LogP contribution is 2.32. The number of hydrogen-bond acceptors (Lipinski definition) is 5. The Labute approximate surface area is 152 Å². The fraction of sp³-hybridized carbons (Fsp3) is 0.421. The second kappa shape index (κ2) is 7.59. The molecule has 2 aromatic rings. The van der Waals surface area contributed by atoms with Crippen LogP contribution in [0.25, 0.3) is 0 Å². The number of benzene rings is 1. The Kier molecular flexibility index (Phi) is 5.25. The summed E-state index contributed by atoms with van der Waals surface area (Å²) in [6.45, 7) is 4.89. The van der Waals surface area contributed by atoms with Crippen LogP contribution in [0.4, 0.5) is 11.4 Å². The number of carbonyl (C=O) groups is 2.